The first-order chi connectivity index (χ1) is 15.0. The third-order valence-corrected chi connectivity index (χ3v) is 5.20. The van der Waals surface area contributed by atoms with Gasteiger partial charge < -0.3 is 14.3 Å². The number of benzene rings is 1. The van der Waals surface area contributed by atoms with E-state index in [-0.39, 0.29) is 18.7 Å². The minimum absolute atomic E-state index is 0.0914. The Morgan fingerprint density at radius 3 is 2.71 bits per heavy atom. The number of aryl methyl sites for hydroxylation is 1. The van der Waals surface area contributed by atoms with Crippen LogP contribution in [0.3, 0.4) is 0 Å². The number of esters is 1. The van der Waals surface area contributed by atoms with E-state index in [0.29, 0.717) is 22.9 Å². The highest BCUT2D eigenvalue weighted by atomic mass is 16.5. The first-order valence-corrected chi connectivity index (χ1v) is 9.95. The van der Waals surface area contributed by atoms with E-state index >= 15 is 0 Å². The molecule has 4 aromatic rings. The van der Waals surface area contributed by atoms with Gasteiger partial charge in [-0.15, -0.1) is 0 Å². The predicted octanol–water partition coefficient (Wildman–Crippen LogP) is 2.74. The number of aromatic nitrogens is 4. The van der Waals surface area contributed by atoms with E-state index in [4.69, 9.17) is 4.74 Å². The number of pyridine rings is 1. The summed E-state index contributed by atoms with van der Waals surface area (Å²) in [5, 5.41) is 0.446. The van der Waals surface area contributed by atoms with Crippen LogP contribution >= 0.6 is 0 Å². The number of nitrogens with zero attached hydrogens (tertiary/aromatic N) is 3. The first-order valence-electron chi connectivity index (χ1n) is 9.95. The zero-order valence-corrected chi connectivity index (χ0v) is 17.3. The van der Waals surface area contributed by atoms with Crippen LogP contribution in [0.4, 0.5) is 0 Å². The Morgan fingerprint density at radius 1 is 1.13 bits per heavy atom. The number of carbonyl (C=O) groups excluding carboxylic acids is 1. The molecule has 0 aliphatic rings. The second kappa shape index (κ2) is 8.43. The summed E-state index contributed by atoms with van der Waals surface area (Å²) in [7, 11) is 0. The summed E-state index contributed by atoms with van der Waals surface area (Å²) in [4.78, 5) is 44.2. The monoisotopic (exact) mass is 418 g/mol. The Balaban J connectivity index is 1.44. The van der Waals surface area contributed by atoms with Crippen molar-refractivity contribution in [3.63, 3.8) is 0 Å². The number of nitrogens with one attached hydrogen (secondary N) is 1. The van der Waals surface area contributed by atoms with Gasteiger partial charge in [0.1, 0.15) is 0 Å². The van der Waals surface area contributed by atoms with Gasteiger partial charge in [-0.25, -0.2) is 9.59 Å². The largest absolute Gasteiger partial charge is 0.462 e. The van der Waals surface area contributed by atoms with E-state index in [1.54, 1.807) is 42.7 Å². The Morgan fingerprint density at radius 2 is 1.94 bits per heavy atom. The average Bonchev–Trinajstić information content (AvgIpc) is 3.07. The molecule has 3 heterocycles. The number of hydrogen-bond acceptors (Lipinski definition) is 5. The van der Waals surface area contributed by atoms with Crippen LogP contribution in [-0.4, -0.2) is 31.7 Å². The van der Waals surface area contributed by atoms with Gasteiger partial charge >= 0.3 is 11.7 Å². The molecule has 0 aliphatic heterocycles. The second-order valence-electron chi connectivity index (χ2n) is 7.25. The van der Waals surface area contributed by atoms with E-state index < -0.39 is 11.7 Å². The van der Waals surface area contributed by atoms with Gasteiger partial charge in [-0.05, 0) is 50.6 Å². The molecular weight excluding hydrogens is 396 g/mol. The van der Waals surface area contributed by atoms with Gasteiger partial charge in [0.25, 0.3) is 5.56 Å². The zero-order chi connectivity index (χ0) is 22.0. The Kier molecular flexibility index (Phi) is 5.53. The number of hydrogen-bond donors (Lipinski definition) is 1. The molecule has 158 valence electrons. The lowest BCUT2D eigenvalue weighted by atomic mass is 10.2. The van der Waals surface area contributed by atoms with Crippen LogP contribution < -0.4 is 11.2 Å². The van der Waals surface area contributed by atoms with Crippen LogP contribution in [0.5, 0.6) is 0 Å². The summed E-state index contributed by atoms with van der Waals surface area (Å²) >= 11 is 0. The number of ether oxygens (including phenoxy) is 1. The molecule has 0 aliphatic carbocycles. The third kappa shape index (κ3) is 3.92. The number of aromatic amines is 1. The molecule has 0 unspecified atom stereocenters. The highest BCUT2D eigenvalue weighted by Gasteiger charge is 2.18. The molecule has 0 amide bonds. The zero-order valence-electron chi connectivity index (χ0n) is 17.3. The number of para-hydroxylation sites is 1. The second-order valence-corrected chi connectivity index (χ2v) is 7.25. The van der Waals surface area contributed by atoms with Crippen LogP contribution in [0.1, 0.15) is 28.2 Å². The van der Waals surface area contributed by atoms with Crippen LogP contribution in [-0.2, 0) is 11.3 Å². The molecular formula is C23H22N4O4. The van der Waals surface area contributed by atoms with Crippen molar-refractivity contribution in [3.8, 4) is 5.69 Å². The molecule has 0 saturated heterocycles. The number of rotatable bonds is 6. The molecule has 0 spiro atoms. The number of H-pyrrole nitrogens is 1. The average molecular weight is 418 g/mol. The van der Waals surface area contributed by atoms with Gasteiger partial charge in [-0.3, -0.25) is 14.3 Å². The Bertz CT molecular complexity index is 1370. The smallest absolute Gasteiger partial charge is 0.339 e. The summed E-state index contributed by atoms with van der Waals surface area (Å²) in [6.07, 6.45) is 3.77. The van der Waals surface area contributed by atoms with Gasteiger partial charge in [-0.1, -0.05) is 12.1 Å². The minimum Gasteiger partial charge on any atom is -0.462 e. The summed E-state index contributed by atoms with van der Waals surface area (Å²) in [6, 6.07) is 12.4. The van der Waals surface area contributed by atoms with Crippen molar-refractivity contribution < 1.29 is 9.53 Å². The molecule has 8 nitrogen and oxygen atoms in total. The molecule has 1 N–H and O–H groups in total. The maximum Gasteiger partial charge on any atom is 0.339 e. The van der Waals surface area contributed by atoms with Crippen LogP contribution in [0, 0.1) is 13.8 Å². The SMILES string of the molecule is Cc1cc(C(=O)OCCCn2c(=O)[nH]c3ccccc3c2=O)c(C)n1-c1cccnc1. The lowest BCUT2D eigenvalue weighted by Crippen LogP contribution is -2.35. The topological polar surface area (TPSA) is 99.0 Å². The number of carbonyl (C=O) groups is 1. The van der Waals surface area contributed by atoms with Crippen molar-refractivity contribution in [1.29, 1.82) is 0 Å². The predicted molar refractivity (Wildman–Crippen MR) is 117 cm³/mol. The number of fused-ring (bicyclic) bond motifs is 1. The van der Waals surface area contributed by atoms with Crippen molar-refractivity contribution in [2.24, 2.45) is 0 Å². The molecule has 3 aromatic heterocycles. The van der Waals surface area contributed by atoms with Gasteiger partial charge in [-0.2, -0.15) is 0 Å². The van der Waals surface area contributed by atoms with Gasteiger partial charge in [0.15, 0.2) is 0 Å². The highest BCUT2D eigenvalue weighted by molar-refractivity contribution is 5.91. The van der Waals surface area contributed by atoms with Crippen molar-refractivity contribution in [2.45, 2.75) is 26.8 Å². The maximum absolute atomic E-state index is 12.6. The lowest BCUT2D eigenvalue weighted by Gasteiger charge is -2.09. The van der Waals surface area contributed by atoms with Gasteiger partial charge in [0.05, 0.1) is 35.0 Å². The molecule has 1 aromatic carbocycles. The molecule has 0 radical (unpaired) electrons. The van der Waals surface area contributed by atoms with Gasteiger partial charge in [0, 0.05) is 24.1 Å². The maximum atomic E-state index is 12.6. The fraction of sp³-hybridized carbons (Fsp3) is 0.217. The minimum atomic E-state index is -0.477. The molecule has 31 heavy (non-hydrogen) atoms. The van der Waals surface area contributed by atoms with Crippen LogP contribution in [0.25, 0.3) is 16.6 Å². The molecule has 8 heteroatoms. The fourth-order valence-corrected chi connectivity index (χ4v) is 3.72. The first kappa shape index (κ1) is 20.3. The molecule has 0 bridgehead atoms. The van der Waals surface area contributed by atoms with Crippen LogP contribution in [0.2, 0.25) is 0 Å². The lowest BCUT2D eigenvalue weighted by molar-refractivity contribution is 0.0494. The quantitative estimate of drug-likeness (QED) is 0.383. The molecule has 0 fully saturated rings. The van der Waals surface area contributed by atoms with Crippen molar-refractivity contribution in [1.82, 2.24) is 19.1 Å². The molecule has 4 rings (SSSR count). The molecule has 0 atom stereocenters. The summed E-state index contributed by atoms with van der Waals surface area (Å²) in [5.74, 6) is -0.442. The standard InChI is InChI=1S/C23H22N4O4/c1-15-13-19(16(2)27(15)17-7-5-10-24-14-17)22(29)31-12-6-11-26-21(28)18-8-3-4-9-20(18)25-23(26)30/h3-5,7-10,13-14H,6,11-12H2,1-2H3,(H,25,30). The summed E-state index contributed by atoms with van der Waals surface area (Å²) < 4.78 is 8.48. The Labute approximate surface area is 177 Å². The van der Waals surface area contributed by atoms with Crippen molar-refractivity contribution in [2.75, 3.05) is 6.61 Å². The third-order valence-electron chi connectivity index (χ3n) is 5.20. The van der Waals surface area contributed by atoms with E-state index in [2.05, 4.69) is 9.97 Å². The summed E-state index contributed by atoms with van der Waals surface area (Å²) in [6.45, 7) is 4.01. The highest BCUT2D eigenvalue weighted by Crippen LogP contribution is 2.21. The Hall–Kier alpha value is -3.94. The van der Waals surface area contributed by atoms with Crippen molar-refractivity contribution in [3.05, 3.63) is 92.6 Å². The van der Waals surface area contributed by atoms with Gasteiger partial charge in [0.2, 0.25) is 0 Å². The van der Waals surface area contributed by atoms with E-state index in [1.807, 2.05) is 30.5 Å². The summed E-state index contributed by atoms with van der Waals surface area (Å²) in [5.41, 5.74) is 2.67. The van der Waals surface area contributed by atoms with E-state index in [0.717, 1.165) is 21.6 Å². The van der Waals surface area contributed by atoms with E-state index in [9.17, 15) is 14.4 Å². The molecule has 0 saturated carbocycles. The normalized spacial score (nSPS) is 11.0. The van der Waals surface area contributed by atoms with Crippen molar-refractivity contribution >= 4 is 16.9 Å². The van der Waals surface area contributed by atoms with E-state index in [1.165, 1.54) is 0 Å². The fourth-order valence-electron chi connectivity index (χ4n) is 3.72. The van der Waals surface area contributed by atoms with Crippen LogP contribution in [0.15, 0.2) is 64.4 Å².